The molecule has 0 bridgehead atoms. The smallest absolute Gasteiger partial charge is 0.224 e. The summed E-state index contributed by atoms with van der Waals surface area (Å²) in [6, 6.07) is 13.1. The zero-order chi connectivity index (χ0) is 17.4. The van der Waals surface area contributed by atoms with Gasteiger partial charge in [-0.25, -0.2) is 0 Å². The number of nitrogens with one attached hydrogen (secondary N) is 2. The average Bonchev–Trinajstić information content (AvgIpc) is 2.61. The Morgan fingerprint density at radius 2 is 1.71 bits per heavy atom. The number of hydrogen-bond donors (Lipinski definition) is 2. The molecule has 0 atom stereocenters. The molecule has 2 aromatic carbocycles. The van der Waals surface area contributed by atoms with Gasteiger partial charge in [-0.2, -0.15) is 0 Å². The van der Waals surface area contributed by atoms with Crippen molar-refractivity contribution in [2.75, 3.05) is 24.9 Å². The number of ether oxygens (including phenoxy) is 2. The Labute approximate surface area is 143 Å². The SMILES string of the molecule is CCCCC(=O)Nc1ccc(Nc2cc(OC)ccc2OC)cc1. The number of methoxy groups -OCH3 is 2. The van der Waals surface area contributed by atoms with Crippen molar-refractivity contribution in [2.45, 2.75) is 26.2 Å². The van der Waals surface area contributed by atoms with Gasteiger partial charge in [0.25, 0.3) is 0 Å². The first-order valence-electron chi connectivity index (χ1n) is 8.05. The largest absolute Gasteiger partial charge is 0.497 e. The number of rotatable bonds is 8. The van der Waals surface area contributed by atoms with Gasteiger partial charge < -0.3 is 20.1 Å². The van der Waals surface area contributed by atoms with Crippen LogP contribution in [0.3, 0.4) is 0 Å². The number of unbranched alkanes of at least 4 members (excludes halogenated alkanes) is 1. The Balaban J connectivity index is 2.05. The Morgan fingerprint density at radius 3 is 2.33 bits per heavy atom. The molecule has 0 aliphatic carbocycles. The normalized spacial score (nSPS) is 10.1. The molecule has 0 unspecified atom stereocenters. The van der Waals surface area contributed by atoms with Crippen molar-refractivity contribution in [2.24, 2.45) is 0 Å². The molecule has 0 heterocycles. The highest BCUT2D eigenvalue weighted by atomic mass is 16.5. The first-order valence-corrected chi connectivity index (χ1v) is 8.05. The van der Waals surface area contributed by atoms with Crippen LogP contribution < -0.4 is 20.1 Å². The molecule has 2 N–H and O–H groups in total. The molecule has 0 aromatic heterocycles. The van der Waals surface area contributed by atoms with Crippen LogP contribution in [0.2, 0.25) is 0 Å². The zero-order valence-corrected chi connectivity index (χ0v) is 14.4. The van der Waals surface area contributed by atoms with E-state index in [0.29, 0.717) is 6.42 Å². The van der Waals surface area contributed by atoms with Crippen molar-refractivity contribution < 1.29 is 14.3 Å². The summed E-state index contributed by atoms with van der Waals surface area (Å²) >= 11 is 0. The lowest BCUT2D eigenvalue weighted by Crippen LogP contribution is -2.10. The maximum Gasteiger partial charge on any atom is 0.224 e. The number of hydrogen-bond acceptors (Lipinski definition) is 4. The number of amides is 1. The van der Waals surface area contributed by atoms with E-state index in [1.54, 1.807) is 14.2 Å². The maximum atomic E-state index is 11.7. The van der Waals surface area contributed by atoms with E-state index >= 15 is 0 Å². The molecule has 0 saturated carbocycles. The summed E-state index contributed by atoms with van der Waals surface area (Å²) in [6.07, 6.45) is 2.47. The van der Waals surface area contributed by atoms with Gasteiger partial charge in [-0.1, -0.05) is 13.3 Å². The highest BCUT2D eigenvalue weighted by molar-refractivity contribution is 5.90. The van der Waals surface area contributed by atoms with Crippen LogP contribution in [0.25, 0.3) is 0 Å². The summed E-state index contributed by atoms with van der Waals surface area (Å²) in [5.74, 6) is 1.53. The van der Waals surface area contributed by atoms with Crippen LogP contribution in [0.4, 0.5) is 17.1 Å². The van der Waals surface area contributed by atoms with Crippen molar-refractivity contribution in [1.29, 1.82) is 0 Å². The lowest BCUT2D eigenvalue weighted by Gasteiger charge is -2.13. The second-order valence-electron chi connectivity index (χ2n) is 5.42. The van der Waals surface area contributed by atoms with Crippen LogP contribution >= 0.6 is 0 Å². The van der Waals surface area contributed by atoms with E-state index in [1.165, 1.54) is 0 Å². The molecule has 128 valence electrons. The summed E-state index contributed by atoms with van der Waals surface area (Å²) in [4.78, 5) is 11.7. The van der Waals surface area contributed by atoms with Crippen LogP contribution in [-0.2, 0) is 4.79 Å². The fourth-order valence-electron chi connectivity index (χ4n) is 2.26. The quantitative estimate of drug-likeness (QED) is 0.745. The molecule has 1 amide bonds. The van der Waals surface area contributed by atoms with Crippen LogP contribution in [0.5, 0.6) is 11.5 Å². The maximum absolute atomic E-state index is 11.7. The van der Waals surface area contributed by atoms with E-state index in [-0.39, 0.29) is 5.91 Å². The van der Waals surface area contributed by atoms with Crippen LogP contribution in [0.15, 0.2) is 42.5 Å². The Hall–Kier alpha value is -2.69. The Bertz CT molecular complexity index is 669. The predicted octanol–water partition coefficient (Wildman–Crippen LogP) is 4.58. The highest BCUT2D eigenvalue weighted by Gasteiger charge is 2.06. The molecule has 0 fully saturated rings. The molecular formula is C19H24N2O3. The number of carbonyl (C=O) groups is 1. The number of benzene rings is 2. The lowest BCUT2D eigenvalue weighted by molar-refractivity contribution is -0.116. The van der Waals surface area contributed by atoms with Gasteiger partial charge in [0.2, 0.25) is 5.91 Å². The topological polar surface area (TPSA) is 59.6 Å². The van der Waals surface area contributed by atoms with Gasteiger partial charge in [0.05, 0.1) is 19.9 Å². The molecule has 5 nitrogen and oxygen atoms in total. The molecule has 0 aliphatic rings. The van der Waals surface area contributed by atoms with E-state index in [2.05, 4.69) is 17.6 Å². The first-order chi connectivity index (χ1) is 11.7. The van der Waals surface area contributed by atoms with Crippen LogP contribution in [0.1, 0.15) is 26.2 Å². The predicted molar refractivity (Wildman–Crippen MR) is 97.4 cm³/mol. The van der Waals surface area contributed by atoms with Gasteiger partial charge in [-0.15, -0.1) is 0 Å². The molecule has 0 aliphatic heterocycles. The highest BCUT2D eigenvalue weighted by Crippen LogP contribution is 2.31. The van der Waals surface area contributed by atoms with Crippen molar-refractivity contribution in [3.8, 4) is 11.5 Å². The van der Waals surface area contributed by atoms with E-state index in [9.17, 15) is 4.79 Å². The minimum atomic E-state index is 0.0482. The van der Waals surface area contributed by atoms with Gasteiger partial charge in [0.1, 0.15) is 11.5 Å². The Morgan fingerprint density at radius 1 is 1.00 bits per heavy atom. The summed E-state index contributed by atoms with van der Waals surface area (Å²) in [7, 11) is 3.25. The molecule has 24 heavy (non-hydrogen) atoms. The third kappa shape index (κ3) is 4.91. The summed E-state index contributed by atoms with van der Waals surface area (Å²) in [5.41, 5.74) is 2.50. The molecular weight excluding hydrogens is 304 g/mol. The summed E-state index contributed by atoms with van der Waals surface area (Å²) in [5, 5.41) is 6.19. The first kappa shape index (κ1) is 17.7. The van der Waals surface area contributed by atoms with Gasteiger partial charge in [-0.05, 0) is 42.8 Å². The summed E-state index contributed by atoms with van der Waals surface area (Å²) < 4.78 is 10.6. The van der Waals surface area contributed by atoms with Crippen LogP contribution in [-0.4, -0.2) is 20.1 Å². The molecule has 0 spiro atoms. The number of anilines is 3. The molecule has 5 heteroatoms. The fourth-order valence-corrected chi connectivity index (χ4v) is 2.26. The molecule has 2 rings (SSSR count). The second-order valence-corrected chi connectivity index (χ2v) is 5.42. The third-order valence-corrected chi connectivity index (χ3v) is 3.61. The van der Waals surface area contributed by atoms with E-state index in [0.717, 1.165) is 41.4 Å². The van der Waals surface area contributed by atoms with E-state index in [4.69, 9.17) is 9.47 Å². The minimum Gasteiger partial charge on any atom is -0.497 e. The summed E-state index contributed by atoms with van der Waals surface area (Å²) in [6.45, 7) is 2.07. The van der Waals surface area contributed by atoms with E-state index in [1.807, 2.05) is 42.5 Å². The average molecular weight is 328 g/mol. The number of carbonyl (C=O) groups excluding carboxylic acids is 1. The van der Waals surface area contributed by atoms with E-state index < -0.39 is 0 Å². The van der Waals surface area contributed by atoms with Gasteiger partial charge >= 0.3 is 0 Å². The van der Waals surface area contributed by atoms with Crippen molar-refractivity contribution in [1.82, 2.24) is 0 Å². The van der Waals surface area contributed by atoms with Crippen LogP contribution in [0, 0.1) is 0 Å². The van der Waals surface area contributed by atoms with Gasteiger partial charge in [0, 0.05) is 23.9 Å². The molecule has 0 saturated heterocycles. The minimum absolute atomic E-state index is 0.0482. The van der Waals surface area contributed by atoms with Gasteiger partial charge in [0.15, 0.2) is 0 Å². The lowest BCUT2D eigenvalue weighted by atomic mass is 10.2. The third-order valence-electron chi connectivity index (χ3n) is 3.61. The molecule has 2 aromatic rings. The Kier molecular flexibility index (Phi) is 6.49. The van der Waals surface area contributed by atoms with Gasteiger partial charge in [-0.3, -0.25) is 4.79 Å². The van der Waals surface area contributed by atoms with Crippen molar-refractivity contribution in [3.05, 3.63) is 42.5 Å². The van der Waals surface area contributed by atoms with Crippen molar-refractivity contribution >= 4 is 23.0 Å². The fraction of sp³-hybridized carbons (Fsp3) is 0.316. The monoisotopic (exact) mass is 328 g/mol. The standard InChI is InChI=1S/C19H24N2O3/c1-4-5-6-19(22)21-15-9-7-14(8-10-15)20-17-13-16(23-2)11-12-18(17)24-3/h7-13,20H,4-6H2,1-3H3,(H,21,22). The zero-order valence-electron chi connectivity index (χ0n) is 14.4. The second kappa shape index (κ2) is 8.82. The molecule has 0 radical (unpaired) electrons. The van der Waals surface area contributed by atoms with Crippen molar-refractivity contribution in [3.63, 3.8) is 0 Å².